The van der Waals surface area contributed by atoms with Gasteiger partial charge in [-0.3, -0.25) is 0 Å². The second-order valence-electron chi connectivity index (χ2n) is 1.43. The van der Waals surface area contributed by atoms with Gasteiger partial charge in [0.1, 0.15) is 0 Å². The average Bonchev–Trinajstić information content (AvgIpc) is 1.69. The molecule has 40 valence electrons. The highest BCUT2D eigenvalue weighted by molar-refractivity contribution is 4.87. The lowest BCUT2D eigenvalue weighted by Crippen LogP contribution is -2.30. The molecule has 0 aromatic rings. The minimum atomic E-state index is 0.427. The molecule has 0 aromatic heterocycles. The lowest BCUT2D eigenvalue weighted by Gasteiger charge is -2.28. The summed E-state index contributed by atoms with van der Waals surface area (Å²) in [5, 5.41) is 14.0. The van der Waals surface area contributed by atoms with Crippen molar-refractivity contribution in [3.63, 3.8) is 0 Å². The van der Waals surface area contributed by atoms with Crippen LogP contribution < -0.4 is 5.32 Å². The number of hydrogen-bond donors (Lipinski definition) is 1. The largest absolute Gasteiger partial charge is 0.784 e. The van der Waals surface area contributed by atoms with Crippen molar-refractivity contribution in [3.8, 4) is 0 Å². The summed E-state index contributed by atoms with van der Waals surface area (Å²) in [6, 6.07) is 0. The molecular formula is C4H7N2O-. The zero-order valence-electron chi connectivity index (χ0n) is 3.92. The molecule has 3 heteroatoms. The van der Waals surface area contributed by atoms with Gasteiger partial charge in [0.15, 0.2) is 0 Å². The third-order valence-electron chi connectivity index (χ3n) is 0.812. The molecule has 0 amide bonds. The Kier molecular flexibility index (Phi) is 1.29. The molecule has 0 bridgehead atoms. The number of hydrogen-bond acceptors (Lipinski definition) is 3. The monoisotopic (exact) mass is 99.1 g/mol. The van der Waals surface area contributed by atoms with Gasteiger partial charge in [0, 0.05) is 6.54 Å². The maximum absolute atomic E-state index is 10.3. The molecule has 0 saturated heterocycles. The van der Waals surface area contributed by atoms with E-state index in [0.717, 1.165) is 5.06 Å². The van der Waals surface area contributed by atoms with Crippen molar-refractivity contribution < 1.29 is 0 Å². The van der Waals surface area contributed by atoms with E-state index in [4.69, 9.17) is 0 Å². The summed E-state index contributed by atoms with van der Waals surface area (Å²) in [5.41, 5.74) is 0. The number of rotatable bonds is 0. The Bertz CT molecular complexity index is 81.8. The Morgan fingerprint density at radius 1 is 1.71 bits per heavy atom. The molecule has 1 heterocycles. The highest BCUT2D eigenvalue weighted by Gasteiger charge is 1.87. The summed E-state index contributed by atoms with van der Waals surface area (Å²) in [4.78, 5) is 0. The molecule has 1 N–H and O–H groups in total. The van der Waals surface area contributed by atoms with E-state index in [1.807, 2.05) is 0 Å². The summed E-state index contributed by atoms with van der Waals surface area (Å²) in [6.07, 6.45) is 3.57. The topological polar surface area (TPSA) is 38.3 Å². The first-order valence-electron chi connectivity index (χ1n) is 2.20. The predicted molar refractivity (Wildman–Crippen MR) is 27.2 cm³/mol. The Labute approximate surface area is 42.2 Å². The molecule has 0 aliphatic carbocycles. The first-order chi connectivity index (χ1) is 3.39. The third-order valence-corrected chi connectivity index (χ3v) is 0.812. The van der Waals surface area contributed by atoms with Crippen LogP contribution in [0.2, 0.25) is 0 Å². The summed E-state index contributed by atoms with van der Waals surface area (Å²) >= 11 is 0. The van der Waals surface area contributed by atoms with Gasteiger partial charge in [-0.25, -0.2) is 0 Å². The molecular weight excluding hydrogens is 92.1 g/mol. The smallest absolute Gasteiger partial charge is 0.0561 e. The summed E-state index contributed by atoms with van der Waals surface area (Å²) in [6.45, 7) is 0.948. The molecule has 0 aromatic carbocycles. The summed E-state index contributed by atoms with van der Waals surface area (Å²) in [7, 11) is 0. The molecule has 0 radical (unpaired) electrons. The van der Waals surface area contributed by atoms with E-state index in [9.17, 15) is 5.21 Å². The van der Waals surface area contributed by atoms with E-state index in [1.165, 1.54) is 0 Å². The SMILES string of the molecule is [O-]N1CC=CNC1. The normalized spacial score (nSPS) is 21.9. The second kappa shape index (κ2) is 1.95. The molecule has 0 atom stereocenters. The predicted octanol–water partition coefficient (Wildman–Crippen LogP) is -0.139. The van der Waals surface area contributed by atoms with Gasteiger partial charge in [0.05, 0.1) is 6.67 Å². The van der Waals surface area contributed by atoms with E-state index in [0.29, 0.717) is 13.2 Å². The highest BCUT2D eigenvalue weighted by atomic mass is 16.5. The standard InChI is InChI=1S/C4H7N2O/c7-6-3-1-2-5-4-6/h1-2,5H,3-4H2/q-1. The molecule has 0 spiro atoms. The lowest BCUT2D eigenvalue weighted by molar-refractivity contribution is 0.385. The Hall–Kier alpha value is -0.540. The van der Waals surface area contributed by atoms with E-state index < -0.39 is 0 Å². The average molecular weight is 99.1 g/mol. The minimum absolute atomic E-state index is 0.427. The fourth-order valence-corrected chi connectivity index (χ4v) is 0.473. The summed E-state index contributed by atoms with van der Waals surface area (Å²) < 4.78 is 0. The van der Waals surface area contributed by atoms with E-state index in [-0.39, 0.29) is 0 Å². The van der Waals surface area contributed by atoms with Crippen LogP contribution in [0.15, 0.2) is 12.3 Å². The van der Waals surface area contributed by atoms with Crippen LogP contribution in [0.4, 0.5) is 0 Å². The van der Waals surface area contributed by atoms with Gasteiger partial charge in [-0.2, -0.15) is 0 Å². The van der Waals surface area contributed by atoms with Gasteiger partial charge in [-0.1, -0.05) is 6.08 Å². The van der Waals surface area contributed by atoms with Gasteiger partial charge in [0.2, 0.25) is 0 Å². The van der Waals surface area contributed by atoms with Gasteiger partial charge < -0.3 is 15.6 Å². The maximum Gasteiger partial charge on any atom is 0.0561 e. The van der Waals surface area contributed by atoms with Crippen molar-refractivity contribution in [1.82, 2.24) is 10.4 Å². The molecule has 7 heavy (non-hydrogen) atoms. The first kappa shape index (κ1) is 4.61. The summed E-state index contributed by atoms with van der Waals surface area (Å²) in [5.74, 6) is 0. The van der Waals surface area contributed by atoms with Crippen molar-refractivity contribution >= 4 is 0 Å². The molecule has 1 rings (SSSR count). The van der Waals surface area contributed by atoms with E-state index in [1.54, 1.807) is 12.3 Å². The highest BCUT2D eigenvalue weighted by Crippen LogP contribution is 1.85. The molecule has 1 aliphatic rings. The number of nitrogens with one attached hydrogen (secondary N) is 1. The molecule has 0 fully saturated rings. The zero-order valence-corrected chi connectivity index (χ0v) is 3.92. The van der Waals surface area contributed by atoms with Crippen LogP contribution in [0.3, 0.4) is 0 Å². The molecule has 0 saturated carbocycles. The van der Waals surface area contributed by atoms with Crippen LogP contribution in [0.5, 0.6) is 0 Å². The van der Waals surface area contributed by atoms with Crippen LogP contribution in [0.1, 0.15) is 0 Å². The first-order valence-corrected chi connectivity index (χ1v) is 2.20. The maximum atomic E-state index is 10.3. The second-order valence-corrected chi connectivity index (χ2v) is 1.43. The fraction of sp³-hybridized carbons (Fsp3) is 0.500. The van der Waals surface area contributed by atoms with Crippen molar-refractivity contribution in [2.45, 2.75) is 0 Å². The molecule has 1 aliphatic heterocycles. The zero-order chi connectivity index (χ0) is 5.11. The quantitative estimate of drug-likeness (QED) is 0.459. The van der Waals surface area contributed by atoms with Gasteiger partial charge in [-0.15, -0.1) is 0 Å². The van der Waals surface area contributed by atoms with Gasteiger partial charge in [0.25, 0.3) is 0 Å². The Balaban J connectivity index is 2.32. The van der Waals surface area contributed by atoms with Crippen LogP contribution in [0, 0.1) is 5.21 Å². The number of nitrogens with zero attached hydrogens (tertiary/aromatic N) is 1. The Morgan fingerprint density at radius 3 is 2.86 bits per heavy atom. The van der Waals surface area contributed by atoms with Crippen LogP contribution >= 0.6 is 0 Å². The van der Waals surface area contributed by atoms with Crippen molar-refractivity contribution in [1.29, 1.82) is 0 Å². The van der Waals surface area contributed by atoms with Crippen molar-refractivity contribution in [2.24, 2.45) is 0 Å². The van der Waals surface area contributed by atoms with E-state index in [2.05, 4.69) is 5.32 Å². The number of hydroxylamine groups is 2. The van der Waals surface area contributed by atoms with Crippen LogP contribution in [-0.2, 0) is 0 Å². The molecule has 3 nitrogen and oxygen atoms in total. The minimum Gasteiger partial charge on any atom is -0.784 e. The van der Waals surface area contributed by atoms with Crippen LogP contribution in [-0.4, -0.2) is 18.3 Å². The third kappa shape index (κ3) is 1.17. The Morgan fingerprint density at radius 2 is 2.57 bits per heavy atom. The lowest BCUT2D eigenvalue weighted by atomic mass is 10.5. The molecule has 0 unspecified atom stereocenters. The van der Waals surface area contributed by atoms with Crippen LogP contribution in [0.25, 0.3) is 0 Å². The van der Waals surface area contributed by atoms with Crippen molar-refractivity contribution in [2.75, 3.05) is 13.2 Å². The van der Waals surface area contributed by atoms with E-state index >= 15 is 0 Å². The fourth-order valence-electron chi connectivity index (χ4n) is 0.473. The van der Waals surface area contributed by atoms with Gasteiger partial charge in [-0.05, 0) is 6.20 Å². The van der Waals surface area contributed by atoms with Gasteiger partial charge >= 0.3 is 0 Å². The van der Waals surface area contributed by atoms with Crippen molar-refractivity contribution in [3.05, 3.63) is 17.5 Å².